The topological polar surface area (TPSA) is 66.4 Å². The molecule has 4 nitrogen and oxygen atoms in total. The lowest BCUT2D eigenvalue weighted by Gasteiger charge is -1.93. The number of hydrogen-bond acceptors (Lipinski definition) is 3. The Bertz CT molecular complexity index is 179. The first-order chi connectivity index (χ1) is 4.52. The fraction of sp³-hybridized carbons (Fsp3) is 0.333. The van der Waals surface area contributed by atoms with E-state index in [2.05, 4.69) is 0 Å². The van der Waals surface area contributed by atoms with E-state index in [0.717, 1.165) is 6.08 Å². The van der Waals surface area contributed by atoms with E-state index in [0.29, 0.717) is 0 Å². The number of rotatable bonds is 1. The fourth-order valence-electron chi connectivity index (χ4n) is 0.399. The normalized spacial score (nSPS) is 10.8. The molecule has 0 saturated heterocycles. The lowest BCUT2D eigenvalue weighted by Crippen LogP contribution is -2.26. The van der Waals surface area contributed by atoms with Crippen LogP contribution in [0, 0.1) is 0 Å². The van der Waals surface area contributed by atoms with Gasteiger partial charge in [0, 0.05) is 13.0 Å². The minimum atomic E-state index is -0.604. The predicted octanol–water partition coefficient (Wildman–Crippen LogP) is 0.111. The Labute approximate surface area is 58.5 Å². The minimum Gasteiger partial charge on any atom is -0.512 e. The molecule has 0 aliphatic heterocycles. The Morgan fingerprint density at radius 1 is 1.40 bits per heavy atom. The number of allylic oxidation sites excluding steroid dienone is 1. The largest absolute Gasteiger partial charge is 0.512 e. The first-order valence-corrected chi connectivity index (χ1v) is 2.71. The molecule has 56 valence electrons. The van der Waals surface area contributed by atoms with Crippen molar-refractivity contribution in [3.63, 3.8) is 0 Å². The van der Waals surface area contributed by atoms with Gasteiger partial charge < -0.3 is 5.11 Å². The zero-order chi connectivity index (χ0) is 8.15. The molecule has 2 N–H and O–H groups in total. The first-order valence-electron chi connectivity index (χ1n) is 2.71. The second kappa shape index (κ2) is 3.66. The standard InChI is InChI=1S/C6H9NO3/c1-4(8)3-6(10)7-5(2)9/h3,8H,1-2H3,(H,7,9,10). The summed E-state index contributed by atoms with van der Waals surface area (Å²) in [7, 11) is 0. The Morgan fingerprint density at radius 2 is 1.90 bits per heavy atom. The van der Waals surface area contributed by atoms with Crippen LogP contribution in [-0.2, 0) is 9.59 Å². The van der Waals surface area contributed by atoms with Crippen LogP contribution in [0.4, 0.5) is 0 Å². The van der Waals surface area contributed by atoms with Crippen LogP contribution in [-0.4, -0.2) is 16.9 Å². The van der Waals surface area contributed by atoms with E-state index in [1.54, 1.807) is 0 Å². The van der Waals surface area contributed by atoms with E-state index in [9.17, 15) is 9.59 Å². The van der Waals surface area contributed by atoms with Crippen LogP contribution in [0.2, 0.25) is 0 Å². The summed E-state index contributed by atoms with van der Waals surface area (Å²) >= 11 is 0. The summed E-state index contributed by atoms with van der Waals surface area (Å²) in [5, 5.41) is 10.5. The molecule has 0 fully saturated rings. The molecule has 0 heterocycles. The van der Waals surface area contributed by atoms with E-state index < -0.39 is 11.8 Å². The van der Waals surface area contributed by atoms with Gasteiger partial charge in [-0.1, -0.05) is 0 Å². The highest BCUT2D eigenvalue weighted by Crippen LogP contribution is 1.82. The highest BCUT2D eigenvalue weighted by atomic mass is 16.3. The maximum atomic E-state index is 10.5. The van der Waals surface area contributed by atoms with Gasteiger partial charge in [0.15, 0.2) is 0 Å². The number of carbonyl (C=O) groups excluding carboxylic acids is 2. The molecule has 0 spiro atoms. The molecule has 0 aliphatic carbocycles. The molecule has 0 bridgehead atoms. The van der Waals surface area contributed by atoms with Crippen LogP contribution in [0.15, 0.2) is 11.8 Å². The Hall–Kier alpha value is -1.32. The van der Waals surface area contributed by atoms with Crippen LogP contribution in [0.3, 0.4) is 0 Å². The quantitative estimate of drug-likeness (QED) is 0.404. The first kappa shape index (κ1) is 8.68. The highest BCUT2D eigenvalue weighted by Gasteiger charge is 1.97. The number of imide groups is 1. The van der Waals surface area contributed by atoms with Gasteiger partial charge in [-0.3, -0.25) is 14.9 Å². The van der Waals surface area contributed by atoms with Crippen LogP contribution >= 0.6 is 0 Å². The van der Waals surface area contributed by atoms with Crippen molar-refractivity contribution in [3.8, 4) is 0 Å². The number of aliphatic hydroxyl groups excluding tert-OH is 1. The van der Waals surface area contributed by atoms with Gasteiger partial charge in [-0.05, 0) is 6.92 Å². The molecule has 0 aromatic heterocycles. The monoisotopic (exact) mass is 143 g/mol. The van der Waals surface area contributed by atoms with Gasteiger partial charge in [-0.15, -0.1) is 0 Å². The second-order valence-electron chi connectivity index (χ2n) is 1.83. The summed E-state index contributed by atoms with van der Waals surface area (Å²) in [6.45, 7) is 2.57. The third kappa shape index (κ3) is 4.83. The molecule has 0 atom stereocenters. The highest BCUT2D eigenvalue weighted by molar-refractivity contribution is 6.00. The molecule has 2 amide bonds. The molecular formula is C6H9NO3. The molecule has 0 aliphatic rings. The molecule has 4 heteroatoms. The van der Waals surface area contributed by atoms with E-state index in [-0.39, 0.29) is 5.76 Å². The van der Waals surface area contributed by atoms with Gasteiger partial charge >= 0.3 is 0 Å². The van der Waals surface area contributed by atoms with E-state index >= 15 is 0 Å². The maximum Gasteiger partial charge on any atom is 0.253 e. The molecule has 0 saturated carbocycles. The average Bonchev–Trinajstić information content (AvgIpc) is 1.58. The van der Waals surface area contributed by atoms with E-state index in [1.165, 1.54) is 13.8 Å². The third-order valence-electron chi connectivity index (χ3n) is 0.639. The Morgan fingerprint density at radius 3 is 2.20 bits per heavy atom. The zero-order valence-electron chi connectivity index (χ0n) is 5.84. The van der Waals surface area contributed by atoms with Gasteiger partial charge in [-0.2, -0.15) is 0 Å². The lowest BCUT2D eigenvalue weighted by atomic mass is 10.4. The van der Waals surface area contributed by atoms with Crippen molar-refractivity contribution in [2.24, 2.45) is 0 Å². The Balaban J connectivity index is 3.88. The summed E-state index contributed by atoms with van der Waals surface area (Å²) < 4.78 is 0. The van der Waals surface area contributed by atoms with Gasteiger partial charge in [0.2, 0.25) is 5.91 Å². The van der Waals surface area contributed by atoms with E-state index in [1.807, 2.05) is 5.32 Å². The predicted molar refractivity (Wildman–Crippen MR) is 35.2 cm³/mol. The van der Waals surface area contributed by atoms with Gasteiger partial charge in [-0.25, -0.2) is 0 Å². The van der Waals surface area contributed by atoms with Gasteiger partial charge in [0.1, 0.15) is 0 Å². The summed E-state index contributed by atoms with van der Waals surface area (Å²) in [4.78, 5) is 20.7. The summed E-state index contributed by atoms with van der Waals surface area (Å²) in [5.74, 6) is -1.17. The van der Waals surface area contributed by atoms with Gasteiger partial charge in [0.25, 0.3) is 5.91 Å². The second-order valence-corrected chi connectivity index (χ2v) is 1.83. The van der Waals surface area contributed by atoms with Crippen molar-refractivity contribution in [3.05, 3.63) is 11.8 Å². The lowest BCUT2D eigenvalue weighted by molar-refractivity contribution is -0.126. The average molecular weight is 143 g/mol. The molecule has 0 unspecified atom stereocenters. The van der Waals surface area contributed by atoms with Crippen LogP contribution in [0.25, 0.3) is 0 Å². The number of nitrogens with one attached hydrogen (secondary N) is 1. The number of carbonyl (C=O) groups is 2. The number of hydrogen-bond donors (Lipinski definition) is 2. The fourth-order valence-corrected chi connectivity index (χ4v) is 0.399. The van der Waals surface area contributed by atoms with Crippen molar-refractivity contribution in [1.29, 1.82) is 0 Å². The van der Waals surface area contributed by atoms with Crippen molar-refractivity contribution < 1.29 is 14.7 Å². The minimum absolute atomic E-state index is 0.126. The van der Waals surface area contributed by atoms with Crippen LogP contribution in [0.1, 0.15) is 13.8 Å². The zero-order valence-corrected chi connectivity index (χ0v) is 5.84. The third-order valence-corrected chi connectivity index (χ3v) is 0.639. The van der Waals surface area contributed by atoms with Crippen LogP contribution in [0.5, 0.6) is 0 Å². The summed E-state index contributed by atoms with van der Waals surface area (Å²) in [6, 6.07) is 0. The summed E-state index contributed by atoms with van der Waals surface area (Å²) in [5.41, 5.74) is 0. The number of aliphatic hydroxyl groups is 1. The molecule has 0 radical (unpaired) electrons. The van der Waals surface area contributed by atoms with E-state index in [4.69, 9.17) is 5.11 Å². The molecule has 0 rings (SSSR count). The maximum absolute atomic E-state index is 10.5. The van der Waals surface area contributed by atoms with Crippen molar-refractivity contribution in [2.75, 3.05) is 0 Å². The molecular weight excluding hydrogens is 134 g/mol. The molecule has 0 aromatic rings. The number of amides is 2. The molecule has 10 heavy (non-hydrogen) atoms. The Kier molecular flexibility index (Phi) is 3.17. The van der Waals surface area contributed by atoms with Crippen LogP contribution < -0.4 is 5.32 Å². The summed E-state index contributed by atoms with van der Waals surface area (Å²) in [6.07, 6.45) is 0.932. The van der Waals surface area contributed by atoms with Crippen molar-refractivity contribution >= 4 is 11.8 Å². The van der Waals surface area contributed by atoms with Gasteiger partial charge in [0.05, 0.1) is 5.76 Å². The SMILES string of the molecule is CC(=O)NC(=O)C=C(C)O. The molecule has 0 aromatic carbocycles. The van der Waals surface area contributed by atoms with Crippen molar-refractivity contribution in [2.45, 2.75) is 13.8 Å². The van der Waals surface area contributed by atoms with Crippen molar-refractivity contribution in [1.82, 2.24) is 5.32 Å². The smallest absolute Gasteiger partial charge is 0.253 e.